The number of thioether (sulfide) groups is 1. The second-order valence-corrected chi connectivity index (χ2v) is 7.48. The molecular weight excluding hydrogens is 376 g/mol. The van der Waals surface area contributed by atoms with Gasteiger partial charge in [-0.05, 0) is 37.1 Å². The van der Waals surface area contributed by atoms with Crippen LogP contribution in [0.25, 0.3) is 10.9 Å². The van der Waals surface area contributed by atoms with Crippen LogP contribution in [0.5, 0.6) is 0 Å². The Morgan fingerprint density at radius 1 is 1.21 bits per heavy atom. The largest absolute Gasteiger partial charge is 0.467 e. The van der Waals surface area contributed by atoms with E-state index in [4.69, 9.17) is 9.15 Å². The van der Waals surface area contributed by atoms with Crippen LogP contribution in [0, 0.1) is 0 Å². The third kappa shape index (κ3) is 4.82. The van der Waals surface area contributed by atoms with E-state index in [0.717, 1.165) is 48.5 Å². The number of ether oxygens (including phenoxy) is 1. The van der Waals surface area contributed by atoms with Crippen molar-refractivity contribution < 1.29 is 13.9 Å². The lowest BCUT2D eigenvalue weighted by Gasteiger charge is -2.14. The number of nitrogens with one attached hydrogen (secondary N) is 2. The number of hydrogen-bond acceptors (Lipinski definition) is 7. The van der Waals surface area contributed by atoms with Gasteiger partial charge in [-0.1, -0.05) is 23.9 Å². The Labute approximate surface area is 167 Å². The number of benzene rings is 1. The van der Waals surface area contributed by atoms with Crippen molar-refractivity contribution in [3.8, 4) is 0 Å². The van der Waals surface area contributed by atoms with Crippen molar-refractivity contribution in [2.24, 2.45) is 0 Å². The predicted octanol–water partition coefficient (Wildman–Crippen LogP) is 3.22. The summed E-state index contributed by atoms with van der Waals surface area (Å²) in [5, 5.41) is 7.76. The van der Waals surface area contributed by atoms with E-state index >= 15 is 0 Å². The molecule has 1 amide bonds. The maximum atomic E-state index is 12.1. The summed E-state index contributed by atoms with van der Waals surface area (Å²) in [4.78, 5) is 21.3. The highest BCUT2D eigenvalue weighted by Gasteiger charge is 2.16. The van der Waals surface area contributed by atoms with E-state index in [1.54, 1.807) is 12.3 Å². The Kier molecular flexibility index (Phi) is 6.08. The molecule has 2 aromatic heterocycles. The van der Waals surface area contributed by atoms with Crippen LogP contribution in [0.3, 0.4) is 0 Å². The number of anilines is 1. The summed E-state index contributed by atoms with van der Waals surface area (Å²) in [6, 6.07) is 11.5. The van der Waals surface area contributed by atoms with Gasteiger partial charge >= 0.3 is 0 Å². The number of para-hydroxylation sites is 1. The van der Waals surface area contributed by atoms with E-state index in [0.29, 0.717) is 11.7 Å². The molecule has 1 aliphatic rings. The Morgan fingerprint density at radius 2 is 2.14 bits per heavy atom. The van der Waals surface area contributed by atoms with Crippen molar-refractivity contribution in [3.63, 3.8) is 0 Å². The minimum atomic E-state index is -0.0907. The molecule has 146 valence electrons. The number of aromatic nitrogens is 2. The Morgan fingerprint density at radius 3 is 2.96 bits per heavy atom. The van der Waals surface area contributed by atoms with Crippen LogP contribution < -0.4 is 10.6 Å². The van der Waals surface area contributed by atoms with E-state index in [9.17, 15) is 4.79 Å². The number of carbonyl (C=O) groups excluding carboxylic acids is 1. The molecule has 1 saturated heterocycles. The van der Waals surface area contributed by atoms with E-state index in [1.165, 1.54) is 11.8 Å². The zero-order valence-electron chi connectivity index (χ0n) is 15.4. The van der Waals surface area contributed by atoms with Gasteiger partial charge in [0.05, 0.1) is 30.2 Å². The second-order valence-electron chi connectivity index (χ2n) is 6.53. The normalized spacial score (nSPS) is 16.4. The minimum Gasteiger partial charge on any atom is -0.467 e. The van der Waals surface area contributed by atoms with Crippen LogP contribution >= 0.6 is 11.8 Å². The highest BCUT2D eigenvalue weighted by atomic mass is 32.2. The summed E-state index contributed by atoms with van der Waals surface area (Å²) in [5.74, 6) is 1.65. The number of nitrogens with zero attached hydrogens (tertiary/aromatic N) is 2. The van der Waals surface area contributed by atoms with Gasteiger partial charge in [0.2, 0.25) is 5.91 Å². The van der Waals surface area contributed by atoms with Crippen LogP contribution in [0.15, 0.2) is 52.2 Å². The molecule has 0 bridgehead atoms. The lowest BCUT2D eigenvalue weighted by molar-refractivity contribution is -0.118. The Balaban J connectivity index is 1.40. The van der Waals surface area contributed by atoms with Crippen molar-refractivity contribution in [3.05, 3.63) is 48.4 Å². The first-order valence-electron chi connectivity index (χ1n) is 9.32. The third-order valence-electron chi connectivity index (χ3n) is 4.48. The fraction of sp³-hybridized carbons (Fsp3) is 0.350. The summed E-state index contributed by atoms with van der Waals surface area (Å²) < 4.78 is 10.9. The van der Waals surface area contributed by atoms with Gasteiger partial charge in [-0.25, -0.2) is 9.97 Å². The monoisotopic (exact) mass is 398 g/mol. The zero-order chi connectivity index (χ0) is 19.2. The first kappa shape index (κ1) is 18.8. The number of furan rings is 1. The topological polar surface area (TPSA) is 89.3 Å². The SMILES string of the molecule is O=C(CSc1nc(NC[C@@H]2CCCO2)c2ccccc2n1)NCc1ccco1. The molecule has 0 radical (unpaired) electrons. The van der Waals surface area contributed by atoms with Crippen molar-refractivity contribution in [2.75, 3.05) is 24.2 Å². The van der Waals surface area contributed by atoms with E-state index < -0.39 is 0 Å². The highest BCUT2D eigenvalue weighted by Crippen LogP contribution is 2.25. The minimum absolute atomic E-state index is 0.0907. The first-order chi connectivity index (χ1) is 13.8. The summed E-state index contributed by atoms with van der Waals surface area (Å²) in [5.41, 5.74) is 0.853. The molecule has 0 spiro atoms. The lowest BCUT2D eigenvalue weighted by Crippen LogP contribution is -2.24. The van der Waals surface area contributed by atoms with Crippen LogP contribution in [0.4, 0.5) is 5.82 Å². The van der Waals surface area contributed by atoms with E-state index in [1.807, 2.05) is 30.3 Å². The average molecular weight is 398 g/mol. The van der Waals surface area contributed by atoms with Gasteiger partial charge in [-0.3, -0.25) is 4.79 Å². The predicted molar refractivity (Wildman–Crippen MR) is 108 cm³/mol. The van der Waals surface area contributed by atoms with Crippen LogP contribution in [-0.2, 0) is 16.1 Å². The summed E-state index contributed by atoms with van der Waals surface area (Å²) in [6.45, 7) is 1.92. The van der Waals surface area contributed by atoms with Crippen LogP contribution in [0.1, 0.15) is 18.6 Å². The smallest absolute Gasteiger partial charge is 0.230 e. The van der Waals surface area contributed by atoms with Gasteiger partial charge in [-0.2, -0.15) is 0 Å². The quantitative estimate of drug-likeness (QED) is 0.445. The molecule has 1 aromatic carbocycles. The van der Waals surface area contributed by atoms with Crippen LogP contribution in [-0.4, -0.2) is 40.9 Å². The van der Waals surface area contributed by atoms with E-state index in [-0.39, 0.29) is 17.8 Å². The van der Waals surface area contributed by atoms with Crippen molar-refractivity contribution in [1.82, 2.24) is 15.3 Å². The van der Waals surface area contributed by atoms with E-state index in [2.05, 4.69) is 20.6 Å². The van der Waals surface area contributed by atoms with Crippen molar-refractivity contribution in [2.45, 2.75) is 30.6 Å². The fourth-order valence-electron chi connectivity index (χ4n) is 3.05. The molecule has 0 unspecified atom stereocenters. The first-order valence-corrected chi connectivity index (χ1v) is 10.3. The molecule has 1 fully saturated rings. The number of amides is 1. The summed E-state index contributed by atoms with van der Waals surface area (Å²) in [7, 11) is 0. The average Bonchev–Trinajstić information content (AvgIpc) is 3.43. The summed E-state index contributed by atoms with van der Waals surface area (Å²) >= 11 is 1.32. The molecule has 7 nitrogen and oxygen atoms in total. The molecule has 1 aliphatic heterocycles. The van der Waals surface area contributed by atoms with Crippen molar-refractivity contribution in [1.29, 1.82) is 0 Å². The zero-order valence-corrected chi connectivity index (χ0v) is 16.2. The van der Waals surface area contributed by atoms with Gasteiger partial charge in [0.15, 0.2) is 5.16 Å². The van der Waals surface area contributed by atoms with Gasteiger partial charge in [0.25, 0.3) is 0 Å². The summed E-state index contributed by atoms with van der Waals surface area (Å²) in [6.07, 6.45) is 3.97. The molecule has 0 aliphatic carbocycles. The number of rotatable bonds is 8. The standard InChI is InChI=1S/C20H22N4O3S/c25-18(21-11-14-5-3-9-26-14)13-28-20-23-17-8-2-1-7-16(17)19(24-20)22-12-15-6-4-10-27-15/h1-3,5,7-9,15H,4,6,10-13H2,(H,21,25)(H,22,23,24)/t15-/m0/s1. The molecule has 2 N–H and O–H groups in total. The lowest BCUT2D eigenvalue weighted by atomic mass is 10.2. The van der Waals surface area contributed by atoms with Gasteiger partial charge in [-0.15, -0.1) is 0 Å². The number of hydrogen-bond donors (Lipinski definition) is 2. The molecule has 1 atom stereocenters. The number of fused-ring (bicyclic) bond motifs is 1. The molecule has 3 aromatic rings. The third-order valence-corrected chi connectivity index (χ3v) is 5.32. The second kappa shape index (κ2) is 9.07. The molecule has 4 rings (SSSR count). The molecule has 3 heterocycles. The van der Waals surface area contributed by atoms with Gasteiger partial charge in [0.1, 0.15) is 11.6 Å². The fourth-order valence-corrected chi connectivity index (χ4v) is 3.73. The maximum absolute atomic E-state index is 12.1. The molecular formula is C20H22N4O3S. The van der Waals surface area contributed by atoms with Gasteiger partial charge in [0, 0.05) is 18.5 Å². The molecule has 0 saturated carbocycles. The van der Waals surface area contributed by atoms with Crippen molar-refractivity contribution >= 4 is 34.4 Å². The Bertz CT molecular complexity index is 926. The van der Waals surface area contributed by atoms with Crippen LogP contribution in [0.2, 0.25) is 0 Å². The Hall–Kier alpha value is -2.58. The molecule has 8 heteroatoms. The van der Waals surface area contributed by atoms with Gasteiger partial charge < -0.3 is 19.8 Å². The number of carbonyl (C=O) groups is 1. The maximum Gasteiger partial charge on any atom is 0.230 e. The highest BCUT2D eigenvalue weighted by molar-refractivity contribution is 7.99. The molecule has 28 heavy (non-hydrogen) atoms.